The molecule has 1 aromatic heterocycles. The number of benzene rings is 1. The molecular weight excluding hydrogens is 300 g/mol. The SMILES string of the molecule is O=C1NCC2(CCN(C(=O)c3csc4ccccc34)CC2)O1. The molecule has 6 heteroatoms. The van der Waals surface area contributed by atoms with Gasteiger partial charge in [-0.2, -0.15) is 0 Å². The van der Waals surface area contributed by atoms with Gasteiger partial charge in [0.25, 0.3) is 5.91 Å². The minimum absolute atomic E-state index is 0.0737. The average molecular weight is 316 g/mol. The van der Waals surface area contributed by atoms with Crippen LogP contribution in [0.5, 0.6) is 0 Å². The van der Waals surface area contributed by atoms with Gasteiger partial charge in [-0.05, 0) is 6.07 Å². The third-order valence-electron chi connectivity index (χ3n) is 4.54. The molecular formula is C16H16N2O3S. The van der Waals surface area contributed by atoms with Gasteiger partial charge in [-0.1, -0.05) is 18.2 Å². The van der Waals surface area contributed by atoms with Gasteiger partial charge in [0, 0.05) is 41.4 Å². The fourth-order valence-corrected chi connectivity index (χ4v) is 4.15. The number of nitrogens with one attached hydrogen (secondary N) is 1. The molecule has 1 spiro atoms. The molecule has 0 bridgehead atoms. The summed E-state index contributed by atoms with van der Waals surface area (Å²) in [5, 5.41) is 5.67. The van der Waals surface area contributed by atoms with Gasteiger partial charge in [-0.15, -0.1) is 11.3 Å². The number of ether oxygens (including phenoxy) is 1. The maximum Gasteiger partial charge on any atom is 0.407 e. The standard InChI is InChI=1S/C16H16N2O3S/c19-14(12-9-22-13-4-2-1-3-11(12)13)18-7-5-16(6-8-18)10-17-15(20)21-16/h1-4,9H,5-8,10H2,(H,17,20). The van der Waals surface area contributed by atoms with Gasteiger partial charge in [0.05, 0.1) is 12.1 Å². The van der Waals surface area contributed by atoms with E-state index in [2.05, 4.69) is 5.32 Å². The molecule has 2 aliphatic heterocycles. The van der Waals surface area contributed by atoms with E-state index in [9.17, 15) is 9.59 Å². The summed E-state index contributed by atoms with van der Waals surface area (Å²) in [5.41, 5.74) is 0.364. The van der Waals surface area contributed by atoms with Gasteiger partial charge in [-0.25, -0.2) is 4.79 Å². The van der Waals surface area contributed by atoms with E-state index < -0.39 is 5.60 Å². The second-order valence-corrected chi connectivity index (χ2v) is 6.78. The van der Waals surface area contributed by atoms with E-state index in [1.54, 1.807) is 11.3 Å². The number of alkyl carbamates (subject to hydrolysis) is 1. The Hall–Kier alpha value is -2.08. The van der Waals surface area contributed by atoms with Gasteiger partial charge >= 0.3 is 6.09 Å². The van der Waals surface area contributed by atoms with E-state index in [0.717, 1.165) is 15.6 Å². The maximum atomic E-state index is 12.8. The van der Waals surface area contributed by atoms with Crippen LogP contribution in [-0.4, -0.2) is 42.1 Å². The van der Waals surface area contributed by atoms with Crippen molar-refractivity contribution in [2.75, 3.05) is 19.6 Å². The average Bonchev–Trinajstić information content (AvgIpc) is 3.12. The molecule has 22 heavy (non-hydrogen) atoms. The van der Waals surface area contributed by atoms with Crippen LogP contribution in [0.15, 0.2) is 29.6 Å². The lowest BCUT2D eigenvalue weighted by Gasteiger charge is -2.37. The van der Waals surface area contributed by atoms with Crippen LogP contribution in [0.4, 0.5) is 4.79 Å². The zero-order chi connectivity index (χ0) is 15.2. The third kappa shape index (κ3) is 2.14. The van der Waals surface area contributed by atoms with E-state index in [-0.39, 0.29) is 12.0 Å². The summed E-state index contributed by atoms with van der Waals surface area (Å²) >= 11 is 1.60. The molecule has 2 fully saturated rings. The van der Waals surface area contributed by atoms with Gasteiger partial charge in [-0.3, -0.25) is 4.79 Å². The molecule has 4 rings (SSSR count). The Balaban J connectivity index is 1.52. The fourth-order valence-electron chi connectivity index (χ4n) is 3.21. The van der Waals surface area contributed by atoms with Crippen molar-refractivity contribution in [2.45, 2.75) is 18.4 Å². The lowest BCUT2D eigenvalue weighted by atomic mass is 9.91. The van der Waals surface area contributed by atoms with Crippen LogP contribution in [-0.2, 0) is 4.74 Å². The zero-order valence-corrected chi connectivity index (χ0v) is 12.8. The molecule has 2 aliphatic rings. The number of piperidine rings is 1. The van der Waals surface area contributed by atoms with Crippen molar-refractivity contribution in [1.29, 1.82) is 0 Å². The van der Waals surface area contributed by atoms with E-state index in [4.69, 9.17) is 4.74 Å². The number of hydrogen-bond acceptors (Lipinski definition) is 4. The van der Waals surface area contributed by atoms with Gasteiger partial charge in [0.15, 0.2) is 0 Å². The van der Waals surface area contributed by atoms with Crippen molar-refractivity contribution in [2.24, 2.45) is 0 Å². The molecule has 114 valence electrons. The van der Waals surface area contributed by atoms with Gasteiger partial charge in [0.2, 0.25) is 0 Å². The first-order valence-corrected chi connectivity index (χ1v) is 8.27. The predicted molar refractivity (Wildman–Crippen MR) is 84.2 cm³/mol. The van der Waals surface area contributed by atoms with Crippen LogP contribution in [0.1, 0.15) is 23.2 Å². The van der Waals surface area contributed by atoms with Crippen molar-refractivity contribution in [3.63, 3.8) is 0 Å². The lowest BCUT2D eigenvalue weighted by molar-refractivity contribution is 0.00338. The summed E-state index contributed by atoms with van der Waals surface area (Å²) in [5.74, 6) is 0.0737. The first-order valence-electron chi connectivity index (χ1n) is 7.39. The molecule has 1 aromatic carbocycles. The summed E-state index contributed by atoms with van der Waals surface area (Å²) in [4.78, 5) is 25.9. The van der Waals surface area contributed by atoms with E-state index in [0.29, 0.717) is 32.5 Å². The number of carbonyl (C=O) groups is 2. The minimum atomic E-state index is -0.412. The normalized spacial score (nSPS) is 20.2. The molecule has 0 unspecified atom stereocenters. The minimum Gasteiger partial charge on any atom is -0.441 e. The molecule has 5 nitrogen and oxygen atoms in total. The molecule has 0 atom stereocenters. The number of nitrogens with zero attached hydrogens (tertiary/aromatic N) is 1. The van der Waals surface area contributed by atoms with Crippen LogP contribution in [0.25, 0.3) is 10.1 Å². The Kier molecular flexibility index (Phi) is 3.07. The van der Waals surface area contributed by atoms with Crippen molar-refractivity contribution in [1.82, 2.24) is 10.2 Å². The predicted octanol–water partition coefficient (Wildman–Crippen LogP) is 2.62. The van der Waals surface area contributed by atoms with E-state index >= 15 is 0 Å². The molecule has 0 radical (unpaired) electrons. The van der Waals surface area contributed by atoms with E-state index in [1.165, 1.54) is 0 Å². The highest BCUT2D eigenvalue weighted by Crippen LogP contribution is 2.32. The second-order valence-electron chi connectivity index (χ2n) is 5.86. The highest BCUT2D eigenvalue weighted by atomic mass is 32.1. The molecule has 2 saturated heterocycles. The summed E-state index contributed by atoms with van der Waals surface area (Å²) in [6.07, 6.45) is 1.04. The van der Waals surface area contributed by atoms with Crippen molar-refractivity contribution >= 4 is 33.4 Å². The lowest BCUT2D eigenvalue weighted by Crippen LogP contribution is -2.48. The Morgan fingerprint density at radius 2 is 2.05 bits per heavy atom. The van der Waals surface area contributed by atoms with Crippen molar-refractivity contribution in [3.05, 3.63) is 35.2 Å². The highest BCUT2D eigenvalue weighted by Gasteiger charge is 2.43. The van der Waals surface area contributed by atoms with Crippen LogP contribution in [0.3, 0.4) is 0 Å². The molecule has 1 N–H and O–H groups in total. The maximum absolute atomic E-state index is 12.8. The first kappa shape index (κ1) is 13.6. The quantitative estimate of drug-likeness (QED) is 0.880. The van der Waals surface area contributed by atoms with Crippen LogP contribution in [0.2, 0.25) is 0 Å². The van der Waals surface area contributed by atoms with Gasteiger partial charge < -0.3 is 15.0 Å². The Morgan fingerprint density at radius 1 is 1.27 bits per heavy atom. The molecule has 0 saturated carbocycles. The zero-order valence-electron chi connectivity index (χ0n) is 12.0. The summed E-state index contributed by atoms with van der Waals surface area (Å²) in [6.45, 7) is 1.80. The number of fused-ring (bicyclic) bond motifs is 1. The third-order valence-corrected chi connectivity index (χ3v) is 5.50. The summed E-state index contributed by atoms with van der Waals surface area (Å²) in [7, 11) is 0. The number of amides is 2. The number of thiophene rings is 1. The Morgan fingerprint density at radius 3 is 2.77 bits per heavy atom. The number of carbonyl (C=O) groups excluding carboxylic acids is 2. The smallest absolute Gasteiger partial charge is 0.407 e. The molecule has 2 aromatic rings. The Labute approximate surface area is 131 Å². The fraction of sp³-hybridized carbons (Fsp3) is 0.375. The second kappa shape index (κ2) is 4.98. The molecule has 3 heterocycles. The monoisotopic (exact) mass is 316 g/mol. The number of hydrogen-bond donors (Lipinski definition) is 1. The summed E-state index contributed by atoms with van der Waals surface area (Å²) < 4.78 is 6.53. The molecule has 2 amide bonds. The van der Waals surface area contributed by atoms with Gasteiger partial charge in [0.1, 0.15) is 5.60 Å². The summed E-state index contributed by atoms with van der Waals surface area (Å²) in [6, 6.07) is 7.97. The van der Waals surface area contributed by atoms with Crippen LogP contribution >= 0.6 is 11.3 Å². The first-order chi connectivity index (χ1) is 10.7. The Bertz CT molecular complexity index is 747. The number of rotatable bonds is 1. The number of likely N-dealkylation sites (tertiary alicyclic amines) is 1. The molecule has 0 aliphatic carbocycles. The van der Waals surface area contributed by atoms with Crippen LogP contribution in [0, 0.1) is 0 Å². The van der Waals surface area contributed by atoms with Crippen molar-refractivity contribution < 1.29 is 14.3 Å². The largest absolute Gasteiger partial charge is 0.441 e. The highest BCUT2D eigenvalue weighted by molar-refractivity contribution is 7.17. The van der Waals surface area contributed by atoms with Crippen LogP contribution < -0.4 is 5.32 Å². The topological polar surface area (TPSA) is 58.6 Å². The van der Waals surface area contributed by atoms with Crippen molar-refractivity contribution in [3.8, 4) is 0 Å². The van der Waals surface area contributed by atoms with E-state index in [1.807, 2.05) is 34.5 Å².